The second-order valence-electron chi connectivity index (χ2n) is 5.63. The van der Waals surface area contributed by atoms with Crippen LogP contribution >= 0.6 is 34.8 Å². The van der Waals surface area contributed by atoms with Crippen LogP contribution in [0.1, 0.15) is 0 Å². The summed E-state index contributed by atoms with van der Waals surface area (Å²) in [5, 5.41) is 2.21. The van der Waals surface area contributed by atoms with Crippen LogP contribution in [0.5, 0.6) is 0 Å². The van der Waals surface area contributed by atoms with Crippen molar-refractivity contribution in [3.05, 3.63) is 87.9 Å². The van der Waals surface area contributed by atoms with E-state index in [0.717, 1.165) is 15.1 Å². The molecular formula is C18H12Cl3F6SSb. The first kappa shape index (κ1) is 24.5. The van der Waals surface area contributed by atoms with Crippen molar-refractivity contribution in [2.24, 2.45) is 0 Å². The van der Waals surface area contributed by atoms with E-state index in [2.05, 4.69) is 36.4 Å². The molecule has 0 nitrogen and oxygen atoms in total. The zero-order valence-corrected chi connectivity index (χ0v) is 19.8. The molecule has 0 spiro atoms. The molecule has 11 heteroatoms. The van der Waals surface area contributed by atoms with E-state index < -0.39 is 19.5 Å². The van der Waals surface area contributed by atoms with Crippen molar-refractivity contribution in [3.63, 3.8) is 0 Å². The Bertz CT molecular complexity index is 841. The van der Waals surface area contributed by atoms with Crippen molar-refractivity contribution in [1.82, 2.24) is 0 Å². The van der Waals surface area contributed by atoms with E-state index >= 15 is 0 Å². The molecule has 0 bridgehead atoms. The van der Waals surface area contributed by atoms with Crippen LogP contribution in [0.25, 0.3) is 0 Å². The summed E-state index contributed by atoms with van der Waals surface area (Å²) in [4.78, 5) is 3.61. The molecule has 0 heterocycles. The molecule has 29 heavy (non-hydrogen) atoms. The zero-order chi connectivity index (χ0) is 21.9. The van der Waals surface area contributed by atoms with Gasteiger partial charge in [-0.15, -0.1) is 0 Å². The summed E-state index contributed by atoms with van der Waals surface area (Å²) < 4.78 is 59.6. The summed E-state index contributed by atoms with van der Waals surface area (Å²) in [6, 6.07) is 23.9. The van der Waals surface area contributed by atoms with E-state index in [1.165, 1.54) is 14.7 Å². The third kappa shape index (κ3) is 10.2. The fourth-order valence-electron chi connectivity index (χ4n) is 2.12. The van der Waals surface area contributed by atoms with Gasteiger partial charge in [-0.3, -0.25) is 0 Å². The van der Waals surface area contributed by atoms with Gasteiger partial charge >= 0.3 is 36.4 Å². The van der Waals surface area contributed by atoms with Gasteiger partial charge in [-0.25, -0.2) is 0 Å². The van der Waals surface area contributed by atoms with Gasteiger partial charge in [0.25, 0.3) is 0 Å². The van der Waals surface area contributed by atoms with Crippen molar-refractivity contribution >= 4 is 65.2 Å². The van der Waals surface area contributed by atoms with E-state index in [9.17, 15) is 16.9 Å². The topological polar surface area (TPSA) is 0 Å². The standard InChI is InChI=1S/C18H12Cl3S.6FH.Sb/c19-13-1-7-16(8-2-13)22(17-9-3-14(20)4-10-17)18-11-5-15(21)6-12-18;;;;;;;/h1-12H;6*1H;/q+1;;;;;;;+5/p-6. The Morgan fingerprint density at radius 2 is 0.621 bits per heavy atom. The Kier molecular flexibility index (Phi) is 7.13. The van der Waals surface area contributed by atoms with Gasteiger partial charge in [-0.1, -0.05) is 34.8 Å². The Hall–Kier alpha value is -0.722. The maximum absolute atomic E-state index is 11.2. The third-order valence-electron chi connectivity index (χ3n) is 3.15. The van der Waals surface area contributed by atoms with Crippen LogP contribution in [0.15, 0.2) is 87.5 Å². The van der Waals surface area contributed by atoms with Crippen LogP contribution in [0.3, 0.4) is 0 Å². The molecule has 0 saturated heterocycles. The summed E-state index contributed by atoms with van der Waals surface area (Å²) in [7, 11) is -0.215. The van der Waals surface area contributed by atoms with E-state index in [1.807, 2.05) is 36.4 Å². The summed E-state index contributed by atoms with van der Waals surface area (Å²) in [6.45, 7) is 0. The van der Waals surface area contributed by atoms with Crippen molar-refractivity contribution in [1.29, 1.82) is 0 Å². The van der Waals surface area contributed by atoms with Gasteiger partial charge in [0.05, 0.1) is 10.9 Å². The number of hydrogen-bond donors (Lipinski definition) is 0. The van der Waals surface area contributed by atoms with Gasteiger partial charge < -0.3 is 0 Å². The second-order valence-corrected chi connectivity index (χ2v) is 14.4. The molecule has 0 atom stereocenters. The van der Waals surface area contributed by atoms with E-state index in [0.29, 0.717) is 0 Å². The van der Waals surface area contributed by atoms with E-state index in [1.54, 1.807) is 0 Å². The average Bonchev–Trinajstić information content (AvgIpc) is 2.57. The van der Waals surface area contributed by atoms with E-state index in [4.69, 9.17) is 34.8 Å². The summed E-state index contributed by atoms with van der Waals surface area (Å²) >= 11 is 6.80. The van der Waals surface area contributed by atoms with E-state index in [-0.39, 0.29) is 10.9 Å². The van der Waals surface area contributed by atoms with Crippen LogP contribution < -0.4 is 0 Å². The Balaban J connectivity index is 0.000000370. The number of rotatable bonds is 3. The van der Waals surface area contributed by atoms with Gasteiger partial charge in [0.15, 0.2) is 14.7 Å². The maximum atomic E-state index is 9.93. The average molecular weight is 602 g/mol. The first-order valence-corrected chi connectivity index (χ1v) is 15.8. The molecular weight excluding hydrogens is 590 g/mol. The number of hydrogen-bond acceptors (Lipinski definition) is 0. The molecule has 0 aliphatic carbocycles. The molecule has 0 radical (unpaired) electrons. The minimum absolute atomic E-state index is 0.215. The predicted molar refractivity (Wildman–Crippen MR) is 109 cm³/mol. The molecule has 3 aromatic carbocycles. The second kappa shape index (κ2) is 8.43. The summed E-state index contributed by atoms with van der Waals surface area (Å²) in [5.74, 6) is 0. The molecule has 0 fully saturated rings. The van der Waals surface area contributed by atoms with Crippen molar-refractivity contribution < 1.29 is 16.9 Å². The fourth-order valence-corrected chi connectivity index (χ4v) is 4.54. The third-order valence-corrected chi connectivity index (χ3v) is 6.13. The SMILES string of the molecule is Clc1ccc([S+](c2ccc(Cl)cc2)c2ccc(Cl)cc2)cc1.[F][Sb-]([F])([F])([F])([F])[F]. The van der Waals surface area contributed by atoms with Crippen molar-refractivity contribution in [2.75, 3.05) is 0 Å². The van der Waals surface area contributed by atoms with Crippen LogP contribution in [0.2, 0.25) is 15.1 Å². The van der Waals surface area contributed by atoms with Crippen LogP contribution in [0, 0.1) is 0 Å². The van der Waals surface area contributed by atoms with Crippen LogP contribution in [-0.2, 0) is 10.9 Å². The monoisotopic (exact) mass is 600 g/mol. The van der Waals surface area contributed by atoms with Crippen molar-refractivity contribution in [2.45, 2.75) is 14.7 Å². The fraction of sp³-hybridized carbons (Fsp3) is 0. The molecule has 0 N–H and O–H groups in total. The Morgan fingerprint density at radius 1 is 0.448 bits per heavy atom. The summed E-state index contributed by atoms with van der Waals surface area (Å²) in [5.41, 5.74) is 0. The van der Waals surface area contributed by atoms with Gasteiger partial charge in [0.2, 0.25) is 0 Å². The normalized spacial score (nSPS) is 13.9. The number of benzene rings is 3. The van der Waals surface area contributed by atoms with Crippen LogP contribution in [-0.4, -0.2) is 19.5 Å². The molecule has 0 amide bonds. The quantitative estimate of drug-likeness (QED) is 0.160. The van der Waals surface area contributed by atoms with Crippen molar-refractivity contribution in [3.8, 4) is 0 Å². The molecule has 0 unspecified atom stereocenters. The molecule has 0 saturated carbocycles. The van der Waals surface area contributed by atoms with Gasteiger partial charge in [-0.2, -0.15) is 0 Å². The predicted octanol–water partition coefficient (Wildman–Crippen LogP) is 8.88. The first-order valence-electron chi connectivity index (χ1n) is 7.66. The zero-order valence-electron chi connectivity index (χ0n) is 14.2. The molecule has 0 aliphatic heterocycles. The van der Waals surface area contributed by atoms with Gasteiger partial charge in [0, 0.05) is 15.1 Å². The van der Waals surface area contributed by atoms with Crippen LogP contribution in [0.4, 0.5) is 16.9 Å². The first-order chi connectivity index (χ1) is 13.1. The Morgan fingerprint density at radius 3 is 0.793 bits per heavy atom. The summed E-state index contributed by atoms with van der Waals surface area (Å²) in [6.07, 6.45) is 0. The molecule has 3 aromatic rings. The molecule has 158 valence electrons. The van der Waals surface area contributed by atoms with Gasteiger partial charge in [0.1, 0.15) is 0 Å². The Labute approximate surface area is 183 Å². The van der Waals surface area contributed by atoms with Gasteiger partial charge in [-0.05, 0) is 72.8 Å². The minimum atomic E-state index is -11.2. The molecule has 0 aliphatic rings. The molecule has 0 aromatic heterocycles. The molecule has 3 rings (SSSR count). The number of halogens is 9.